The second-order valence-electron chi connectivity index (χ2n) is 9.46. The number of hydrogen-bond donors (Lipinski definition) is 0. The highest BCUT2D eigenvalue weighted by Crippen LogP contribution is 2.44. The molecule has 30 heavy (non-hydrogen) atoms. The Labute approximate surface area is 185 Å². The summed E-state index contributed by atoms with van der Waals surface area (Å²) in [7, 11) is 0. The van der Waals surface area contributed by atoms with E-state index in [1.807, 2.05) is 0 Å². The molecule has 4 heteroatoms. The van der Waals surface area contributed by atoms with E-state index >= 15 is 0 Å². The molecule has 0 heterocycles. The van der Waals surface area contributed by atoms with E-state index in [0.29, 0.717) is 18.5 Å². The summed E-state index contributed by atoms with van der Waals surface area (Å²) in [6.45, 7) is 1.31. The fourth-order valence-electron chi connectivity index (χ4n) is 5.17. The molecule has 1 saturated carbocycles. The number of carbonyl (C=O) groups excluding carboxylic acids is 2. The van der Waals surface area contributed by atoms with Gasteiger partial charge in [-0.3, -0.25) is 0 Å². The zero-order valence-corrected chi connectivity index (χ0v) is 19.5. The topological polar surface area (TPSA) is 58.9 Å². The van der Waals surface area contributed by atoms with Crippen LogP contribution in [-0.2, 0) is 9.59 Å². The lowest BCUT2D eigenvalue weighted by molar-refractivity contribution is 0.146. The van der Waals surface area contributed by atoms with E-state index in [9.17, 15) is 9.59 Å². The second-order valence-corrected chi connectivity index (χ2v) is 9.46. The zero-order chi connectivity index (χ0) is 21.6. The summed E-state index contributed by atoms with van der Waals surface area (Å²) < 4.78 is 0. The first-order valence-electron chi connectivity index (χ1n) is 12.9. The van der Waals surface area contributed by atoms with Crippen molar-refractivity contribution in [2.45, 2.75) is 135 Å². The molecule has 0 unspecified atom stereocenters. The Kier molecular flexibility index (Phi) is 17.6. The van der Waals surface area contributed by atoms with Crippen LogP contribution in [0.3, 0.4) is 0 Å². The van der Waals surface area contributed by atoms with Crippen LogP contribution in [0.2, 0.25) is 0 Å². The average molecular weight is 419 g/mol. The predicted octanol–water partition coefficient (Wildman–Crippen LogP) is 7.85. The van der Waals surface area contributed by atoms with E-state index in [1.165, 1.54) is 122 Å². The van der Waals surface area contributed by atoms with Crippen molar-refractivity contribution in [2.24, 2.45) is 15.4 Å². The Bertz CT molecular complexity index is 449. The Morgan fingerprint density at radius 2 is 0.867 bits per heavy atom. The van der Waals surface area contributed by atoms with Crippen LogP contribution in [-0.4, -0.2) is 25.2 Å². The van der Waals surface area contributed by atoms with Gasteiger partial charge in [0.15, 0.2) is 0 Å². The molecule has 4 nitrogen and oxygen atoms in total. The molecule has 1 aliphatic carbocycles. The number of hydrogen-bond acceptors (Lipinski definition) is 4. The maximum Gasteiger partial charge on any atom is 0.234 e. The summed E-state index contributed by atoms with van der Waals surface area (Å²) in [5.41, 5.74) is 0.665. The van der Waals surface area contributed by atoms with Crippen LogP contribution in [0.1, 0.15) is 135 Å². The van der Waals surface area contributed by atoms with Crippen molar-refractivity contribution in [3.63, 3.8) is 0 Å². The maximum absolute atomic E-state index is 10.0. The van der Waals surface area contributed by atoms with Gasteiger partial charge in [0.2, 0.25) is 12.2 Å². The van der Waals surface area contributed by atoms with Crippen molar-refractivity contribution in [3.05, 3.63) is 0 Å². The van der Waals surface area contributed by atoms with Gasteiger partial charge in [-0.05, 0) is 43.9 Å². The highest BCUT2D eigenvalue weighted by atomic mass is 16.1. The van der Waals surface area contributed by atoms with Gasteiger partial charge in [0.1, 0.15) is 0 Å². The van der Waals surface area contributed by atoms with Gasteiger partial charge in [-0.25, -0.2) is 19.6 Å². The fourth-order valence-corrected chi connectivity index (χ4v) is 5.17. The van der Waals surface area contributed by atoms with E-state index in [0.717, 1.165) is 12.8 Å². The molecule has 0 N–H and O–H groups in total. The third kappa shape index (κ3) is 14.7. The van der Waals surface area contributed by atoms with Gasteiger partial charge in [-0.2, -0.15) is 0 Å². The largest absolute Gasteiger partial charge is 0.234 e. The molecule has 1 aliphatic rings. The second kappa shape index (κ2) is 19.7. The monoisotopic (exact) mass is 418 g/mol. The number of nitrogens with zero attached hydrogens (tertiary/aromatic N) is 2. The lowest BCUT2D eigenvalue weighted by atomic mass is 9.68. The Morgan fingerprint density at radius 3 is 1.27 bits per heavy atom. The molecule has 0 radical (unpaired) electrons. The standard InChI is InChI=1S/C26H46N2O2/c29-24-27-22-16-9-5-1-3-7-12-18-26(20-14-11-15-21-26)19-13-8-4-2-6-10-17-23-28-25-30/h1-23H2. The van der Waals surface area contributed by atoms with E-state index in [4.69, 9.17) is 0 Å². The first kappa shape index (κ1) is 26.8. The van der Waals surface area contributed by atoms with Crippen molar-refractivity contribution in [3.8, 4) is 0 Å². The summed E-state index contributed by atoms with van der Waals surface area (Å²) >= 11 is 0. The van der Waals surface area contributed by atoms with Crippen LogP contribution >= 0.6 is 0 Å². The van der Waals surface area contributed by atoms with E-state index < -0.39 is 0 Å². The average Bonchev–Trinajstić information content (AvgIpc) is 2.77. The lowest BCUT2D eigenvalue weighted by Gasteiger charge is -2.38. The summed E-state index contributed by atoms with van der Waals surface area (Å²) in [6, 6.07) is 0. The first-order valence-corrected chi connectivity index (χ1v) is 12.9. The minimum absolute atomic E-state index is 0.655. The van der Waals surface area contributed by atoms with Crippen LogP contribution in [0, 0.1) is 5.41 Å². The van der Waals surface area contributed by atoms with Gasteiger partial charge in [-0.15, -0.1) is 0 Å². The van der Waals surface area contributed by atoms with E-state index in [2.05, 4.69) is 9.98 Å². The number of isocyanates is 2. The van der Waals surface area contributed by atoms with Gasteiger partial charge in [0.25, 0.3) is 0 Å². The van der Waals surface area contributed by atoms with Crippen molar-refractivity contribution < 1.29 is 9.59 Å². The lowest BCUT2D eigenvalue weighted by Crippen LogP contribution is -2.24. The summed E-state index contributed by atoms with van der Waals surface area (Å²) in [5, 5.41) is 0. The van der Waals surface area contributed by atoms with Crippen molar-refractivity contribution in [1.29, 1.82) is 0 Å². The highest BCUT2D eigenvalue weighted by Gasteiger charge is 2.30. The molecule has 0 atom stereocenters. The third-order valence-electron chi connectivity index (χ3n) is 7.00. The summed E-state index contributed by atoms with van der Waals surface area (Å²) in [4.78, 5) is 27.3. The van der Waals surface area contributed by atoms with Gasteiger partial charge in [-0.1, -0.05) is 96.3 Å². The summed E-state index contributed by atoms with van der Waals surface area (Å²) in [5.74, 6) is 0. The molecule has 0 aromatic rings. The molecule has 0 aromatic heterocycles. The van der Waals surface area contributed by atoms with Gasteiger partial charge in [0, 0.05) is 0 Å². The molecular weight excluding hydrogens is 372 g/mol. The molecule has 0 aromatic carbocycles. The van der Waals surface area contributed by atoms with Crippen LogP contribution in [0.25, 0.3) is 0 Å². The number of rotatable bonds is 20. The SMILES string of the molecule is O=C=NCCCCCCCCCC1(CCCCCCCCCN=C=O)CCCCC1. The maximum atomic E-state index is 10.0. The van der Waals surface area contributed by atoms with Crippen LogP contribution in [0.5, 0.6) is 0 Å². The fraction of sp³-hybridized carbons (Fsp3) is 0.923. The van der Waals surface area contributed by atoms with Gasteiger partial charge in [0.05, 0.1) is 13.1 Å². The molecular formula is C26H46N2O2. The van der Waals surface area contributed by atoms with Crippen molar-refractivity contribution in [1.82, 2.24) is 0 Å². The Hall–Kier alpha value is -1.24. The summed E-state index contributed by atoms with van der Waals surface area (Å²) in [6.07, 6.45) is 31.5. The van der Waals surface area contributed by atoms with Gasteiger partial charge >= 0.3 is 0 Å². The minimum atomic E-state index is 0.655. The molecule has 0 saturated heterocycles. The first-order chi connectivity index (χ1) is 14.8. The molecule has 172 valence electrons. The quantitative estimate of drug-likeness (QED) is 0.115. The Morgan fingerprint density at radius 1 is 0.500 bits per heavy atom. The molecule has 0 spiro atoms. The molecule has 1 rings (SSSR count). The Balaban J connectivity index is 2.06. The van der Waals surface area contributed by atoms with E-state index in [1.54, 1.807) is 12.2 Å². The van der Waals surface area contributed by atoms with Crippen molar-refractivity contribution in [2.75, 3.05) is 13.1 Å². The minimum Gasteiger partial charge on any atom is -0.211 e. The van der Waals surface area contributed by atoms with Crippen LogP contribution < -0.4 is 0 Å². The number of aliphatic imine (C=N–C) groups is 2. The molecule has 0 amide bonds. The molecule has 0 aliphatic heterocycles. The van der Waals surface area contributed by atoms with Crippen molar-refractivity contribution >= 4 is 12.2 Å². The zero-order valence-electron chi connectivity index (χ0n) is 19.5. The van der Waals surface area contributed by atoms with E-state index in [-0.39, 0.29) is 0 Å². The van der Waals surface area contributed by atoms with Crippen LogP contribution in [0.15, 0.2) is 9.98 Å². The smallest absolute Gasteiger partial charge is 0.211 e. The normalized spacial score (nSPS) is 15.3. The predicted molar refractivity (Wildman–Crippen MR) is 125 cm³/mol. The molecule has 1 fully saturated rings. The van der Waals surface area contributed by atoms with Gasteiger partial charge < -0.3 is 0 Å². The third-order valence-corrected chi connectivity index (χ3v) is 7.00. The van der Waals surface area contributed by atoms with Crippen LogP contribution in [0.4, 0.5) is 0 Å². The molecule has 0 bridgehead atoms. The number of unbranched alkanes of at least 4 members (excludes halogenated alkanes) is 12. The highest BCUT2D eigenvalue weighted by molar-refractivity contribution is 5.32.